The number of ether oxygens (including phenoxy) is 1. The van der Waals surface area contributed by atoms with Crippen molar-refractivity contribution in [3.05, 3.63) is 17.6 Å². The van der Waals surface area contributed by atoms with Gasteiger partial charge in [-0.2, -0.15) is 0 Å². The van der Waals surface area contributed by atoms with Gasteiger partial charge in [0, 0.05) is 43.9 Å². The summed E-state index contributed by atoms with van der Waals surface area (Å²) in [7, 11) is 1.46. The molecular weight excluding hydrogens is 304 g/mol. The Hall–Kier alpha value is -1.69. The van der Waals surface area contributed by atoms with Crippen molar-refractivity contribution >= 4 is 11.8 Å². The topological polar surface area (TPSA) is 58.6 Å². The van der Waals surface area contributed by atoms with Crippen molar-refractivity contribution in [3.8, 4) is 0 Å². The molecule has 1 saturated heterocycles. The van der Waals surface area contributed by atoms with Crippen LogP contribution in [0.15, 0.2) is 6.07 Å². The number of aryl methyl sites for hydroxylation is 1. The van der Waals surface area contributed by atoms with E-state index in [-0.39, 0.29) is 17.9 Å². The van der Waals surface area contributed by atoms with Gasteiger partial charge < -0.3 is 9.64 Å². The van der Waals surface area contributed by atoms with E-state index in [9.17, 15) is 4.79 Å². The van der Waals surface area contributed by atoms with Gasteiger partial charge in [0.05, 0.1) is 7.11 Å². The minimum atomic E-state index is -0.171. The molecule has 0 unspecified atom stereocenters. The minimum Gasteiger partial charge on any atom is -0.468 e. The van der Waals surface area contributed by atoms with Gasteiger partial charge in [-0.15, -0.1) is 0 Å². The van der Waals surface area contributed by atoms with E-state index in [1.165, 1.54) is 7.11 Å². The van der Waals surface area contributed by atoms with Crippen molar-refractivity contribution in [2.75, 3.05) is 38.2 Å². The van der Waals surface area contributed by atoms with Crippen LogP contribution in [0.2, 0.25) is 0 Å². The van der Waals surface area contributed by atoms with E-state index in [0.29, 0.717) is 5.92 Å². The second kappa shape index (κ2) is 7.92. The van der Waals surface area contributed by atoms with Gasteiger partial charge in [0.1, 0.15) is 17.7 Å². The van der Waals surface area contributed by atoms with E-state index in [4.69, 9.17) is 9.72 Å². The fourth-order valence-electron chi connectivity index (χ4n) is 3.19. The molecule has 0 bridgehead atoms. The molecule has 1 aliphatic heterocycles. The first-order chi connectivity index (χ1) is 11.3. The lowest BCUT2D eigenvalue weighted by molar-refractivity contribution is -0.149. The van der Waals surface area contributed by atoms with Crippen LogP contribution in [0.5, 0.6) is 0 Å². The Balaban J connectivity index is 2.08. The minimum absolute atomic E-state index is 0.140. The van der Waals surface area contributed by atoms with Gasteiger partial charge in [0.2, 0.25) is 0 Å². The van der Waals surface area contributed by atoms with Crippen molar-refractivity contribution in [1.82, 2.24) is 14.9 Å². The number of piperazine rings is 1. The van der Waals surface area contributed by atoms with E-state index in [2.05, 4.69) is 42.5 Å². The Labute approximate surface area is 145 Å². The Bertz CT molecular complexity index is 566. The molecule has 0 N–H and O–H groups in total. The first-order valence-electron chi connectivity index (χ1n) is 8.76. The Morgan fingerprint density at radius 2 is 1.75 bits per heavy atom. The number of nitrogens with zero attached hydrogens (tertiary/aromatic N) is 4. The number of hydrogen-bond acceptors (Lipinski definition) is 6. The SMILES string of the molecule is COC(=O)[C@H](C(C)C)N1CCN(c2cc(C)nc(C(C)C)n2)CC1. The number of carbonyl (C=O) groups is 1. The first-order valence-corrected chi connectivity index (χ1v) is 8.76. The van der Waals surface area contributed by atoms with E-state index in [1.807, 2.05) is 13.0 Å². The molecule has 0 spiro atoms. The molecule has 1 aliphatic rings. The Kier molecular flexibility index (Phi) is 6.15. The summed E-state index contributed by atoms with van der Waals surface area (Å²) in [4.78, 5) is 25.8. The lowest BCUT2D eigenvalue weighted by Gasteiger charge is -2.40. The number of anilines is 1. The lowest BCUT2D eigenvalue weighted by Crippen LogP contribution is -2.54. The molecule has 0 saturated carbocycles. The van der Waals surface area contributed by atoms with Crippen LogP contribution in [-0.4, -0.2) is 60.2 Å². The summed E-state index contributed by atoms with van der Waals surface area (Å²) in [5, 5.41) is 0. The highest BCUT2D eigenvalue weighted by atomic mass is 16.5. The number of hydrogen-bond donors (Lipinski definition) is 0. The maximum atomic E-state index is 12.1. The van der Waals surface area contributed by atoms with Crippen molar-refractivity contribution in [2.45, 2.75) is 46.6 Å². The maximum absolute atomic E-state index is 12.1. The van der Waals surface area contributed by atoms with E-state index in [1.54, 1.807) is 0 Å². The van der Waals surface area contributed by atoms with Gasteiger partial charge in [0.25, 0.3) is 0 Å². The smallest absolute Gasteiger partial charge is 0.323 e. The molecule has 134 valence electrons. The highest BCUT2D eigenvalue weighted by Crippen LogP contribution is 2.21. The quantitative estimate of drug-likeness (QED) is 0.770. The molecular formula is C18H30N4O2. The molecule has 6 nitrogen and oxygen atoms in total. The van der Waals surface area contributed by atoms with Crippen molar-refractivity contribution in [1.29, 1.82) is 0 Å². The van der Waals surface area contributed by atoms with Gasteiger partial charge in [-0.1, -0.05) is 27.7 Å². The number of rotatable bonds is 5. The van der Waals surface area contributed by atoms with Crippen molar-refractivity contribution in [2.24, 2.45) is 5.92 Å². The van der Waals surface area contributed by atoms with Crippen LogP contribution < -0.4 is 4.90 Å². The summed E-state index contributed by atoms with van der Waals surface area (Å²) in [5.41, 5.74) is 1.00. The van der Waals surface area contributed by atoms with Crippen LogP contribution in [0.3, 0.4) is 0 Å². The molecule has 0 aliphatic carbocycles. The third-order valence-electron chi connectivity index (χ3n) is 4.48. The lowest BCUT2D eigenvalue weighted by atomic mass is 10.0. The fourth-order valence-corrected chi connectivity index (χ4v) is 3.19. The number of methoxy groups -OCH3 is 1. The summed E-state index contributed by atoms with van der Waals surface area (Å²) in [6.45, 7) is 13.7. The molecule has 1 aromatic rings. The second-order valence-corrected chi connectivity index (χ2v) is 7.12. The first kappa shape index (κ1) is 18.6. The molecule has 1 atom stereocenters. The van der Waals surface area contributed by atoms with Crippen LogP contribution in [0, 0.1) is 12.8 Å². The third kappa shape index (κ3) is 4.23. The molecule has 0 amide bonds. The van der Waals surface area contributed by atoms with Crippen LogP contribution >= 0.6 is 0 Å². The Morgan fingerprint density at radius 1 is 1.12 bits per heavy atom. The molecule has 2 rings (SSSR count). The zero-order valence-corrected chi connectivity index (χ0v) is 15.7. The molecule has 0 radical (unpaired) electrons. The second-order valence-electron chi connectivity index (χ2n) is 7.12. The summed E-state index contributed by atoms with van der Waals surface area (Å²) in [5.74, 6) is 2.29. The largest absolute Gasteiger partial charge is 0.468 e. The van der Waals surface area contributed by atoms with Crippen LogP contribution in [-0.2, 0) is 9.53 Å². The Morgan fingerprint density at radius 3 is 2.25 bits per heavy atom. The third-order valence-corrected chi connectivity index (χ3v) is 4.48. The average Bonchev–Trinajstić information content (AvgIpc) is 2.54. The van der Waals surface area contributed by atoms with Crippen LogP contribution in [0.1, 0.15) is 45.1 Å². The zero-order chi connectivity index (χ0) is 17.9. The predicted molar refractivity (Wildman–Crippen MR) is 95.3 cm³/mol. The highest BCUT2D eigenvalue weighted by molar-refractivity contribution is 5.76. The number of carbonyl (C=O) groups excluding carboxylic acids is 1. The van der Waals surface area contributed by atoms with Crippen LogP contribution in [0.4, 0.5) is 5.82 Å². The molecule has 2 heterocycles. The van der Waals surface area contributed by atoms with E-state index in [0.717, 1.165) is 43.5 Å². The molecule has 6 heteroatoms. The van der Waals surface area contributed by atoms with Crippen molar-refractivity contribution < 1.29 is 9.53 Å². The molecule has 0 aromatic carbocycles. The van der Waals surface area contributed by atoms with Crippen molar-refractivity contribution in [3.63, 3.8) is 0 Å². The summed E-state index contributed by atoms with van der Waals surface area (Å²) >= 11 is 0. The highest BCUT2D eigenvalue weighted by Gasteiger charge is 2.32. The van der Waals surface area contributed by atoms with Gasteiger partial charge in [-0.25, -0.2) is 9.97 Å². The van der Waals surface area contributed by atoms with Gasteiger partial charge in [-0.05, 0) is 12.8 Å². The van der Waals surface area contributed by atoms with E-state index < -0.39 is 0 Å². The monoisotopic (exact) mass is 334 g/mol. The standard InChI is InChI=1S/C18H30N4O2/c1-12(2)16(18(23)24-6)22-9-7-21(8-10-22)15-11-14(5)19-17(20-15)13(3)4/h11-13,16H,7-10H2,1-6H3/t16-/m0/s1. The predicted octanol–water partition coefficient (Wildman–Crippen LogP) is 2.23. The van der Waals surface area contributed by atoms with Gasteiger partial charge in [0.15, 0.2) is 0 Å². The molecule has 1 fully saturated rings. The van der Waals surface area contributed by atoms with Gasteiger partial charge >= 0.3 is 5.97 Å². The molecule has 24 heavy (non-hydrogen) atoms. The fraction of sp³-hybridized carbons (Fsp3) is 0.722. The van der Waals surface area contributed by atoms with Gasteiger partial charge in [-0.3, -0.25) is 9.69 Å². The summed E-state index contributed by atoms with van der Waals surface area (Å²) in [6, 6.07) is 1.87. The van der Waals surface area contributed by atoms with E-state index >= 15 is 0 Å². The number of aromatic nitrogens is 2. The van der Waals surface area contributed by atoms with Crippen LogP contribution in [0.25, 0.3) is 0 Å². The average molecular weight is 334 g/mol. The molecule has 1 aromatic heterocycles. The summed E-state index contributed by atoms with van der Waals surface area (Å²) < 4.78 is 4.98. The zero-order valence-electron chi connectivity index (χ0n) is 15.7. The normalized spacial score (nSPS) is 17.4. The number of esters is 1. The summed E-state index contributed by atoms with van der Waals surface area (Å²) in [6.07, 6.45) is 0. The maximum Gasteiger partial charge on any atom is 0.323 e.